The minimum atomic E-state index is -0.566. The molecule has 2 N–H and O–H groups in total. The first-order valence-corrected chi connectivity index (χ1v) is 11.4. The number of carbonyl (C=O) groups excluding carboxylic acids is 2. The number of para-hydroxylation sites is 2. The number of aromatic amines is 1. The quantitative estimate of drug-likeness (QED) is 0.244. The molecule has 4 aromatic rings. The number of esters is 1. The molecule has 0 aliphatic rings. The van der Waals surface area contributed by atoms with Crippen molar-refractivity contribution >= 4 is 51.8 Å². The van der Waals surface area contributed by atoms with Gasteiger partial charge in [-0.3, -0.25) is 4.79 Å². The molecule has 36 heavy (non-hydrogen) atoms. The fourth-order valence-electron chi connectivity index (χ4n) is 3.38. The molecule has 0 radical (unpaired) electrons. The number of amides is 1. The first-order valence-electron chi connectivity index (χ1n) is 11.0. The average Bonchev–Trinajstić information content (AvgIpc) is 3.32. The third-order valence-electron chi connectivity index (χ3n) is 5.07. The second-order valence-corrected chi connectivity index (χ2v) is 8.00. The zero-order valence-corrected chi connectivity index (χ0v) is 20.0. The number of nitrogens with zero attached hydrogens (tertiary/aromatic N) is 2. The lowest BCUT2D eigenvalue weighted by Crippen LogP contribution is -2.20. The van der Waals surface area contributed by atoms with Gasteiger partial charge in [0.15, 0.2) is 6.61 Å². The molecule has 0 fully saturated rings. The average molecular weight is 501 g/mol. The summed E-state index contributed by atoms with van der Waals surface area (Å²) in [6.07, 6.45) is 1.72. The largest absolute Gasteiger partial charge is 0.484 e. The molecule has 0 aliphatic heterocycles. The minimum Gasteiger partial charge on any atom is -0.484 e. The molecule has 0 bridgehead atoms. The van der Waals surface area contributed by atoms with E-state index in [1.54, 1.807) is 43.3 Å². The standard InChI is InChI=1S/C27H21ClN4O4/c1-2-35-27(34)21-14-19(9-12-22(21)28)30-25(33)16-36-20-10-7-17(8-11-20)13-18(15-29)26-31-23-5-3-4-6-24(23)32-26/h3-14H,2,16H2,1H3,(H,30,33)(H,31,32)/b18-13+. The molecule has 1 heterocycles. The van der Waals surface area contributed by atoms with Crippen molar-refractivity contribution in [2.24, 2.45) is 0 Å². The monoisotopic (exact) mass is 500 g/mol. The normalized spacial score (nSPS) is 11.1. The third kappa shape index (κ3) is 5.90. The van der Waals surface area contributed by atoms with Gasteiger partial charge in [-0.2, -0.15) is 5.26 Å². The van der Waals surface area contributed by atoms with Crippen molar-refractivity contribution in [2.45, 2.75) is 6.92 Å². The molecule has 3 aromatic carbocycles. The van der Waals surface area contributed by atoms with E-state index < -0.39 is 11.9 Å². The molecule has 0 saturated carbocycles. The molecule has 0 saturated heterocycles. The highest BCUT2D eigenvalue weighted by Gasteiger charge is 2.14. The molecule has 4 rings (SSSR count). The van der Waals surface area contributed by atoms with Crippen LogP contribution in [0.4, 0.5) is 5.69 Å². The first-order chi connectivity index (χ1) is 17.5. The number of benzene rings is 3. The maximum atomic E-state index is 12.3. The Hall–Kier alpha value is -4.61. The lowest BCUT2D eigenvalue weighted by molar-refractivity contribution is -0.118. The number of carbonyl (C=O) groups is 2. The highest BCUT2D eigenvalue weighted by atomic mass is 35.5. The number of rotatable bonds is 8. The van der Waals surface area contributed by atoms with Gasteiger partial charge >= 0.3 is 5.97 Å². The van der Waals surface area contributed by atoms with E-state index in [1.807, 2.05) is 24.3 Å². The number of fused-ring (bicyclic) bond motifs is 1. The first kappa shape index (κ1) is 24.5. The molecule has 180 valence electrons. The molecule has 0 atom stereocenters. The van der Waals surface area contributed by atoms with Crippen LogP contribution >= 0.6 is 11.6 Å². The van der Waals surface area contributed by atoms with Gasteiger partial charge in [-0.15, -0.1) is 0 Å². The molecule has 0 aliphatic carbocycles. The number of nitrogens with one attached hydrogen (secondary N) is 2. The summed E-state index contributed by atoms with van der Waals surface area (Å²) < 4.78 is 10.5. The Bertz CT molecular complexity index is 1450. The van der Waals surface area contributed by atoms with Crippen LogP contribution in [0.5, 0.6) is 5.75 Å². The van der Waals surface area contributed by atoms with E-state index in [1.165, 1.54) is 12.1 Å². The van der Waals surface area contributed by atoms with E-state index >= 15 is 0 Å². The molecular weight excluding hydrogens is 480 g/mol. The van der Waals surface area contributed by atoms with E-state index in [0.29, 0.717) is 22.8 Å². The molecule has 9 heteroatoms. The van der Waals surface area contributed by atoms with Crippen LogP contribution in [0, 0.1) is 11.3 Å². The van der Waals surface area contributed by atoms with Crippen molar-refractivity contribution in [3.63, 3.8) is 0 Å². The number of ether oxygens (including phenoxy) is 2. The van der Waals surface area contributed by atoms with Crippen molar-refractivity contribution < 1.29 is 19.1 Å². The highest BCUT2D eigenvalue weighted by Crippen LogP contribution is 2.23. The summed E-state index contributed by atoms with van der Waals surface area (Å²) in [5.74, 6) is -0.00602. The van der Waals surface area contributed by atoms with E-state index in [-0.39, 0.29) is 23.8 Å². The van der Waals surface area contributed by atoms with Crippen LogP contribution in [0.2, 0.25) is 5.02 Å². The number of aromatic nitrogens is 2. The van der Waals surface area contributed by atoms with E-state index in [2.05, 4.69) is 21.4 Å². The van der Waals surface area contributed by atoms with Crippen LogP contribution in [0.3, 0.4) is 0 Å². The summed E-state index contributed by atoms with van der Waals surface area (Å²) in [7, 11) is 0. The number of anilines is 1. The topological polar surface area (TPSA) is 117 Å². The van der Waals surface area contributed by atoms with Gasteiger partial charge in [0, 0.05) is 5.69 Å². The van der Waals surface area contributed by atoms with E-state index in [4.69, 9.17) is 21.1 Å². The molecule has 0 spiro atoms. The number of hydrogen-bond acceptors (Lipinski definition) is 6. The second kappa shape index (κ2) is 11.2. The second-order valence-electron chi connectivity index (χ2n) is 7.59. The molecule has 8 nitrogen and oxygen atoms in total. The Balaban J connectivity index is 1.37. The minimum absolute atomic E-state index is 0.167. The fraction of sp³-hybridized carbons (Fsp3) is 0.111. The Labute approximate surface area is 212 Å². The summed E-state index contributed by atoms with van der Waals surface area (Å²) >= 11 is 6.05. The van der Waals surface area contributed by atoms with Crippen molar-refractivity contribution in [3.05, 3.63) is 88.7 Å². The Morgan fingerprint density at radius 2 is 1.92 bits per heavy atom. The highest BCUT2D eigenvalue weighted by molar-refractivity contribution is 6.33. The molecule has 1 aromatic heterocycles. The number of hydrogen-bond donors (Lipinski definition) is 2. The summed E-state index contributed by atoms with van der Waals surface area (Å²) in [6.45, 7) is 1.67. The maximum Gasteiger partial charge on any atom is 0.339 e. The van der Waals surface area contributed by atoms with Crippen LogP contribution < -0.4 is 10.1 Å². The maximum absolute atomic E-state index is 12.3. The van der Waals surface area contributed by atoms with Gasteiger partial charge < -0.3 is 19.8 Å². The fourth-order valence-corrected chi connectivity index (χ4v) is 3.57. The lowest BCUT2D eigenvalue weighted by atomic mass is 10.1. The van der Waals surface area contributed by atoms with Crippen LogP contribution in [-0.4, -0.2) is 35.1 Å². The van der Waals surface area contributed by atoms with Crippen molar-refractivity contribution in [1.82, 2.24) is 9.97 Å². The SMILES string of the molecule is CCOC(=O)c1cc(NC(=O)COc2ccc(/C=C(\C#N)c3nc4ccccc4[nH]3)cc2)ccc1Cl. The van der Waals surface area contributed by atoms with Crippen LogP contribution in [0.1, 0.15) is 28.7 Å². The van der Waals surface area contributed by atoms with Gasteiger partial charge in [0.25, 0.3) is 5.91 Å². The molecular formula is C27H21ClN4O4. The number of nitriles is 1. The predicted molar refractivity (Wildman–Crippen MR) is 138 cm³/mol. The Kier molecular flexibility index (Phi) is 7.63. The van der Waals surface area contributed by atoms with Crippen molar-refractivity contribution in [2.75, 3.05) is 18.5 Å². The van der Waals surface area contributed by atoms with Gasteiger partial charge in [-0.25, -0.2) is 9.78 Å². The van der Waals surface area contributed by atoms with Gasteiger partial charge in [0.05, 0.1) is 33.8 Å². The van der Waals surface area contributed by atoms with Gasteiger partial charge in [0.1, 0.15) is 17.6 Å². The Morgan fingerprint density at radius 1 is 1.14 bits per heavy atom. The smallest absolute Gasteiger partial charge is 0.339 e. The summed E-state index contributed by atoms with van der Waals surface area (Å²) in [5.41, 5.74) is 3.37. The summed E-state index contributed by atoms with van der Waals surface area (Å²) in [5, 5.41) is 12.5. The number of halogens is 1. The van der Waals surface area contributed by atoms with Crippen molar-refractivity contribution in [3.8, 4) is 11.8 Å². The zero-order valence-electron chi connectivity index (χ0n) is 19.2. The van der Waals surface area contributed by atoms with E-state index in [9.17, 15) is 14.9 Å². The van der Waals surface area contributed by atoms with Crippen LogP contribution in [-0.2, 0) is 9.53 Å². The lowest BCUT2D eigenvalue weighted by Gasteiger charge is -2.10. The summed E-state index contributed by atoms with van der Waals surface area (Å²) in [6, 6.07) is 21.2. The van der Waals surface area contributed by atoms with E-state index in [0.717, 1.165) is 16.6 Å². The zero-order chi connectivity index (χ0) is 25.5. The van der Waals surface area contributed by atoms with Gasteiger partial charge in [0.2, 0.25) is 0 Å². The van der Waals surface area contributed by atoms with Crippen molar-refractivity contribution in [1.29, 1.82) is 5.26 Å². The molecule has 1 amide bonds. The number of imidazole rings is 1. The molecule has 0 unspecified atom stereocenters. The number of allylic oxidation sites excluding steroid dienone is 1. The van der Waals surface area contributed by atoms with Crippen LogP contribution in [0.25, 0.3) is 22.7 Å². The Morgan fingerprint density at radius 3 is 2.64 bits per heavy atom. The van der Waals surface area contributed by atoms with Crippen LogP contribution in [0.15, 0.2) is 66.7 Å². The summed E-state index contributed by atoms with van der Waals surface area (Å²) in [4.78, 5) is 31.9. The van der Waals surface area contributed by atoms with Gasteiger partial charge in [-0.05, 0) is 61.0 Å². The number of H-pyrrole nitrogens is 1. The van der Waals surface area contributed by atoms with Gasteiger partial charge in [-0.1, -0.05) is 35.9 Å². The predicted octanol–water partition coefficient (Wildman–Crippen LogP) is 5.47. The third-order valence-corrected chi connectivity index (χ3v) is 5.40.